The second-order valence-electron chi connectivity index (χ2n) is 7.00. The normalized spacial score (nSPS) is 18.2. The van der Waals surface area contributed by atoms with Crippen LogP contribution in [0.1, 0.15) is 48.9 Å². The van der Waals surface area contributed by atoms with Crippen LogP contribution in [0.25, 0.3) is 0 Å². The molecule has 150 valence electrons. The van der Waals surface area contributed by atoms with Gasteiger partial charge < -0.3 is 10.1 Å². The van der Waals surface area contributed by atoms with Gasteiger partial charge in [0.05, 0.1) is 23.2 Å². The lowest BCUT2D eigenvalue weighted by Crippen LogP contribution is -2.24. The van der Waals surface area contributed by atoms with E-state index in [4.69, 9.17) is 4.74 Å². The summed E-state index contributed by atoms with van der Waals surface area (Å²) in [6, 6.07) is 14.2. The van der Waals surface area contributed by atoms with Gasteiger partial charge in [-0.3, -0.25) is 9.10 Å². The molecular formula is C22H28N2O3S. The molecule has 0 aromatic heterocycles. The van der Waals surface area contributed by atoms with E-state index in [1.807, 2.05) is 49.5 Å². The molecule has 0 fully saturated rings. The van der Waals surface area contributed by atoms with Crippen molar-refractivity contribution >= 4 is 22.6 Å². The molecule has 0 amide bonds. The minimum atomic E-state index is -1.25. The first kappa shape index (κ1) is 20.6. The quantitative estimate of drug-likeness (QED) is 0.566. The molecule has 2 aromatic carbocycles. The third-order valence-corrected chi connectivity index (χ3v) is 6.39. The second-order valence-corrected chi connectivity index (χ2v) is 8.48. The van der Waals surface area contributed by atoms with Gasteiger partial charge in [0, 0.05) is 13.5 Å². The Bertz CT molecular complexity index is 869. The number of carbonyl (C=O) groups excluding carboxylic acids is 1. The lowest BCUT2D eigenvalue weighted by molar-refractivity contribution is -0.143. The van der Waals surface area contributed by atoms with Crippen molar-refractivity contribution in [1.82, 2.24) is 5.32 Å². The second kappa shape index (κ2) is 9.34. The van der Waals surface area contributed by atoms with Crippen molar-refractivity contribution < 1.29 is 13.7 Å². The molecule has 1 aliphatic heterocycles. The van der Waals surface area contributed by atoms with Crippen LogP contribution in [0, 0.1) is 6.92 Å². The van der Waals surface area contributed by atoms with Crippen LogP contribution in [0.5, 0.6) is 0 Å². The predicted octanol–water partition coefficient (Wildman–Crippen LogP) is 3.88. The summed E-state index contributed by atoms with van der Waals surface area (Å²) in [5.41, 5.74) is 4.23. The maximum atomic E-state index is 13.2. The number of anilines is 1. The lowest BCUT2D eigenvalue weighted by Gasteiger charge is -2.22. The van der Waals surface area contributed by atoms with Gasteiger partial charge in [-0.1, -0.05) is 30.3 Å². The zero-order chi connectivity index (χ0) is 20.1. The number of ether oxygens (including phenoxy) is 1. The Morgan fingerprint density at radius 1 is 1.18 bits per heavy atom. The fraction of sp³-hybridized carbons (Fsp3) is 0.409. The van der Waals surface area contributed by atoms with Crippen molar-refractivity contribution in [1.29, 1.82) is 0 Å². The fourth-order valence-electron chi connectivity index (χ4n) is 3.55. The molecule has 5 nitrogen and oxygen atoms in total. The Hall–Kier alpha value is -2.18. The third kappa shape index (κ3) is 4.45. The number of nitrogens with zero attached hydrogens (tertiary/aromatic N) is 1. The van der Waals surface area contributed by atoms with Gasteiger partial charge in [-0.05, 0) is 62.1 Å². The molecule has 3 rings (SSSR count). The number of rotatable bonds is 7. The van der Waals surface area contributed by atoms with Gasteiger partial charge in [0.2, 0.25) is 0 Å². The molecule has 2 unspecified atom stereocenters. The Morgan fingerprint density at radius 2 is 1.96 bits per heavy atom. The average Bonchev–Trinajstić information content (AvgIpc) is 2.77. The predicted molar refractivity (Wildman–Crippen MR) is 113 cm³/mol. The largest absolute Gasteiger partial charge is 0.466 e. The summed E-state index contributed by atoms with van der Waals surface area (Å²) in [6.45, 7) is 5.04. The third-order valence-electron chi connectivity index (χ3n) is 4.97. The van der Waals surface area contributed by atoms with E-state index >= 15 is 0 Å². The Balaban J connectivity index is 1.82. The number of carbonyl (C=O) groups is 1. The van der Waals surface area contributed by atoms with Gasteiger partial charge >= 0.3 is 5.97 Å². The number of para-hydroxylation sites is 1. The number of esters is 1. The summed E-state index contributed by atoms with van der Waals surface area (Å²) in [6.07, 6.45) is 2.10. The standard InChI is InChI=1S/C22H28N2O3S/c1-4-27-21(25)11-7-8-14-23-22-17-9-5-6-10-19(17)24(3)28(26)20-15-16(2)12-13-18(20)22/h5-6,9-10,12-13,15,22-23H,4,7-8,11,14H2,1-3H3. The SMILES string of the molecule is CCOC(=O)CCCCNC1c2ccccc2N(C)S(=O)c2cc(C)ccc21. The highest BCUT2D eigenvalue weighted by atomic mass is 32.2. The van der Waals surface area contributed by atoms with E-state index in [2.05, 4.69) is 23.5 Å². The first-order valence-electron chi connectivity index (χ1n) is 9.77. The number of unbranched alkanes of at least 4 members (excludes halogenated alkanes) is 1. The summed E-state index contributed by atoms with van der Waals surface area (Å²) in [5, 5.41) is 3.63. The molecule has 1 N–H and O–H groups in total. The smallest absolute Gasteiger partial charge is 0.305 e. The maximum absolute atomic E-state index is 13.2. The topological polar surface area (TPSA) is 58.6 Å². The van der Waals surface area contributed by atoms with Crippen LogP contribution in [0.4, 0.5) is 5.69 Å². The van der Waals surface area contributed by atoms with Crippen molar-refractivity contribution in [2.24, 2.45) is 0 Å². The Labute approximate surface area is 169 Å². The average molecular weight is 401 g/mol. The van der Waals surface area contributed by atoms with Gasteiger partial charge in [0.1, 0.15) is 0 Å². The summed E-state index contributed by atoms with van der Waals surface area (Å²) in [7, 11) is 0.623. The Morgan fingerprint density at radius 3 is 2.75 bits per heavy atom. The molecule has 0 saturated carbocycles. The van der Waals surface area contributed by atoms with Gasteiger partial charge in [0.15, 0.2) is 11.0 Å². The molecule has 28 heavy (non-hydrogen) atoms. The fourth-order valence-corrected chi connectivity index (χ4v) is 4.86. The van der Waals surface area contributed by atoms with Crippen LogP contribution in [-0.4, -0.2) is 30.4 Å². The van der Waals surface area contributed by atoms with Gasteiger partial charge in [-0.25, -0.2) is 4.21 Å². The molecule has 1 aliphatic rings. The first-order valence-corrected chi connectivity index (χ1v) is 10.9. The van der Waals surface area contributed by atoms with E-state index in [1.165, 1.54) is 0 Å². The molecule has 0 bridgehead atoms. The Kier molecular flexibility index (Phi) is 6.86. The summed E-state index contributed by atoms with van der Waals surface area (Å²) >= 11 is 0. The van der Waals surface area contributed by atoms with Crippen LogP contribution in [0.3, 0.4) is 0 Å². The van der Waals surface area contributed by atoms with E-state index in [0.717, 1.165) is 46.7 Å². The zero-order valence-electron chi connectivity index (χ0n) is 16.7. The van der Waals surface area contributed by atoms with Crippen molar-refractivity contribution in [3.05, 3.63) is 59.2 Å². The molecule has 0 aliphatic carbocycles. The highest BCUT2D eigenvalue weighted by Crippen LogP contribution is 2.38. The van der Waals surface area contributed by atoms with E-state index in [1.54, 1.807) is 0 Å². The summed E-state index contributed by atoms with van der Waals surface area (Å²) < 4.78 is 20.0. The van der Waals surface area contributed by atoms with E-state index in [0.29, 0.717) is 13.0 Å². The van der Waals surface area contributed by atoms with Crippen LogP contribution in [0.15, 0.2) is 47.4 Å². The number of hydrogen-bond acceptors (Lipinski definition) is 4. The van der Waals surface area contributed by atoms with Crippen LogP contribution < -0.4 is 9.62 Å². The summed E-state index contributed by atoms with van der Waals surface area (Å²) in [4.78, 5) is 12.4. The molecule has 6 heteroatoms. The number of benzene rings is 2. The zero-order valence-corrected chi connectivity index (χ0v) is 17.6. The highest BCUT2D eigenvalue weighted by molar-refractivity contribution is 7.86. The van der Waals surface area contributed by atoms with Crippen molar-refractivity contribution in [2.75, 3.05) is 24.5 Å². The van der Waals surface area contributed by atoms with Crippen LogP contribution in [0.2, 0.25) is 0 Å². The van der Waals surface area contributed by atoms with Gasteiger partial charge in [0.25, 0.3) is 0 Å². The lowest BCUT2D eigenvalue weighted by atomic mass is 9.96. The number of hydrogen-bond donors (Lipinski definition) is 1. The van der Waals surface area contributed by atoms with Crippen LogP contribution in [-0.2, 0) is 20.5 Å². The molecule has 2 aromatic rings. The molecular weight excluding hydrogens is 372 g/mol. The first-order chi connectivity index (χ1) is 13.5. The number of aryl methyl sites for hydroxylation is 1. The van der Waals surface area contributed by atoms with E-state index in [-0.39, 0.29) is 12.0 Å². The summed E-state index contributed by atoms with van der Waals surface area (Å²) in [5.74, 6) is -0.139. The minimum absolute atomic E-state index is 0.0386. The molecule has 0 saturated heterocycles. The van der Waals surface area contributed by atoms with Gasteiger partial charge in [-0.15, -0.1) is 0 Å². The van der Waals surface area contributed by atoms with E-state index < -0.39 is 11.0 Å². The number of fused-ring (bicyclic) bond motifs is 2. The highest BCUT2D eigenvalue weighted by Gasteiger charge is 2.29. The van der Waals surface area contributed by atoms with Gasteiger partial charge in [-0.2, -0.15) is 0 Å². The molecule has 1 heterocycles. The van der Waals surface area contributed by atoms with E-state index in [9.17, 15) is 9.00 Å². The maximum Gasteiger partial charge on any atom is 0.305 e. The number of nitrogens with one attached hydrogen (secondary N) is 1. The molecule has 0 radical (unpaired) electrons. The van der Waals surface area contributed by atoms with Crippen molar-refractivity contribution in [2.45, 2.75) is 44.0 Å². The minimum Gasteiger partial charge on any atom is -0.466 e. The molecule has 0 spiro atoms. The molecule has 2 atom stereocenters. The van der Waals surface area contributed by atoms with Crippen molar-refractivity contribution in [3.8, 4) is 0 Å². The van der Waals surface area contributed by atoms with Crippen molar-refractivity contribution in [3.63, 3.8) is 0 Å². The monoisotopic (exact) mass is 400 g/mol. The van der Waals surface area contributed by atoms with Crippen LogP contribution >= 0.6 is 0 Å².